The number of hydrogen-bond acceptors (Lipinski definition) is 3. The zero-order valence-corrected chi connectivity index (χ0v) is 14.6. The van der Waals surface area contributed by atoms with Crippen LogP contribution in [0.3, 0.4) is 0 Å². The number of aromatic amines is 1. The van der Waals surface area contributed by atoms with E-state index in [-0.39, 0.29) is 11.5 Å². The number of halogens is 2. The number of carbonyl (C=O) groups is 2. The highest BCUT2D eigenvalue weighted by Crippen LogP contribution is 2.14. The number of aromatic nitrogens is 2. The van der Waals surface area contributed by atoms with Gasteiger partial charge in [-0.3, -0.25) is 14.9 Å². The van der Waals surface area contributed by atoms with Gasteiger partial charge in [-0.15, -0.1) is 0 Å². The van der Waals surface area contributed by atoms with Crippen molar-refractivity contribution in [3.8, 4) is 0 Å². The molecule has 0 aliphatic rings. The number of rotatable bonds is 6. The summed E-state index contributed by atoms with van der Waals surface area (Å²) in [5, 5.41) is 5.19. The Bertz CT molecular complexity index is 954. The lowest BCUT2D eigenvalue weighted by atomic mass is 10.1. The van der Waals surface area contributed by atoms with Crippen LogP contribution >= 0.6 is 0 Å². The van der Waals surface area contributed by atoms with Crippen LogP contribution in [-0.4, -0.2) is 27.8 Å². The Balaban J connectivity index is 1.72. The Labute approximate surface area is 154 Å². The molecule has 1 heterocycles. The number of fused-ring (bicyclic) bond motifs is 1. The third-order valence-corrected chi connectivity index (χ3v) is 4.01. The third kappa shape index (κ3) is 4.28. The fraction of sp³-hybridized carbons (Fsp3) is 0.211. The summed E-state index contributed by atoms with van der Waals surface area (Å²) in [5.74, 6) is -3.01. The molecule has 2 amide bonds. The molecule has 3 N–H and O–H groups in total. The zero-order chi connectivity index (χ0) is 19.4. The van der Waals surface area contributed by atoms with Crippen molar-refractivity contribution in [2.75, 3.05) is 5.32 Å². The van der Waals surface area contributed by atoms with Crippen LogP contribution in [0.4, 0.5) is 14.7 Å². The lowest BCUT2D eigenvalue weighted by Gasteiger charge is -2.17. The zero-order valence-electron chi connectivity index (χ0n) is 14.6. The van der Waals surface area contributed by atoms with Crippen LogP contribution in [-0.2, 0) is 4.79 Å². The minimum atomic E-state index is -1.12. The van der Waals surface area contributed by atoms with E-state index in [1.54, 1.807) is 6.07 Å². The SMILES string of the molecule is CCC[C@@H](NC(=O)c1ccc(F)c(F)c1)C(=O)Nc1nc2ccccc2[nH]1. The number of nitrogens with one attached hydrogen (secondary N) is 3. The van der Waals surface area contributed by atoms with Crippen molar-refractivity contribution < 1.29 is 18.4 Å². The van der Waals surface area contributed by atoms with Gasteiger partial charge in [0.15, 0.2) is 11.6 Å². The highest BCUT2D eigenvalue weighted by molar-refractivity contribution is 6.01. The molecule has 0 aliphatic carbocycles. The molecule has 0 fully saturated rings. The molecule has 0 unspecified atom stereocenters. The number of para-hydroxylation sites is 2. The average Bonchev–Trinajstić information content (AvgIpc) is 3.05. The van der Waals surface area contributed by atoms with E-state index in [1.165, 1.54) is 0 Å². The predicted molar refractivity (Wildman–Crippen MR) is 97.2 cm³/mol. The van der Waals surface area contributed by atoms with Gasteiger partial charge in [0.2, 0.25) is 11.9 Å². The molecule has 0 radical (unpaired) electrons. The summed E-state index contributed by atoms with van der Waals surface area (Å²) in [4.78, 5) is 32.1. The summed E-state index contributed by atoms with van der Waals surface area (Å²) in [6.07, 6.45) is 1.01. The van der Waals surface area contributed by atoms with Gasteiger partial charge in [-0.2, -0.15) is 0 Å². The summed E-state index contributed by atoms with van der Waals surface area (Å²) in [6, 6.07) is 9.28. The molecule has 3 rings (SSSR count). The number of H-pyrrole nitrogens is 1. The van der Waals surface area contributed by atoms with Crippen LogP contribution in [0.25, 0.3) is 11.0 Å². The van der Waals surface area contributed by atoms with E-state index in [1.807, 2.05) is 25.1 Å². The first-order valence-electron chi connectivity index (χ1n) is 8.49. The molecule has 0 saturated carbocycles. The fourth-order valence-corrected chi connectivity index (χ4v) is 2.65. The summed E-state index contributed by atoms with van der Waals surface area (Å²) in [5.41, 5.74) is 1.41. The van der Waals surface area contributed by atoms with Gasteiger partial charge in [-0.1, -0.05) is 25.5 Å². The maximum Gasteiger partial charge on any atom is 0.252 e. The molecule has 0 saturated heterocycles. The second-order valence-corrected chi connectivity index (χ2v) is 6.04. The molecule has 2 aromatic carbocycles. The van der Waals surface area contributed by atoms with E-state index in [9.17, 15) is 18.4 Å². The molecular formula is C19H18F2N4O2. The number of anilines is 1. The number of hydrogen-bond donors (Lipinski definition) is 3. The average molecular weight is 372 g/mol. The minimum Gasteiger partial charge on any atom is -0.340 e. The summed E-state index contributed by atoms with van der Waals surface area (Å²) in [7, 11) is 0. The maximum atomic E-state index is 13.3. The van der Waals surface area contributed by atoms with Gasteiger partial charge >= 0.3 is 0 Å². The van der Waals surface area contributed by atoms with Crippen molar-refractivity contribution in [3.63, 3.8) is 0 Å². The molecule has 8 heteroatoms. The fourth-order valence-electron chi connectivity index (χ4n) is 2.65. The van der Waals surface area contributed by atoms with Crippen molar-refractivity contribution in [1.29, 1.82) is 0 Å². The number of imidazole rings is 1. The summed E-state index contributed by atoms with van der Waals surface area (Å²) < 4.78 is 26.3. The van der Waals surface area contributed by atoms with Gasteiger partial charge in [-0.05, 0) is 36.8 Å². The number of carbonyl (C=O) groups excluding carboxylic acids is 2. The van der Waals surface area contributed by atoms with Crippen molar-refractivity contribution in [2.45, 2.75) is 25.8 Å². The first-order chi connectivity index (χ1) is 13.0. The van der Waals surface area contributed by atoms with Gasteiger partial charge in [0, 0.05) is 5.56 Å². The van der Waals surface area contributed by atoms with Crippen LogP contribution < -0.4 is 10.6 Å². The van der Waals surface area contributed by atoms with Crippen LogP contribution in [0.5, 0.6) is 0 Å². The summed E-state index contributed by atoms with van der Waals surface area (Å²) >= 11 is 0. The van der Waals surface area contributed by atoms with Crippen LogP contribution in [0.15, 0.2) is 42.5 Å². The Kier molecular flexibility index (Phi) is 5.44. The van der Waals surface area contributed by atoms with E-state index in [2.05, 4.69) is 20.6 Å². The van der Waals surface area contributed by atoms with Crippen molar-refractivity contribution in [3.05, 3.63) is 59.7 Å². The number of amides is 2. The normalized spacial score (nSPS) is 12.0. The molecule has 1 aromatic heterocycles. The van der Waals surface area contributed by atoms with E-state index in [0.29, 0.717) is 18.4 Å². The largest absolute Gasteiger partial charge is 0.340 e. The predicted octanol–water partition coefficient (Wildman–Crippen LogP) is 3.38. The minimum absolute atomic E-state index is 0.0634. The Morgan fingerprint density at radius 1 is 1.15 bits per heavy atom. The van der Waals surface area contributed by atoms with E-state index < -0.39 is 29.5 Å². The molecule has 6 nitrogen and oxygen atoms in total. The van der Waals surface area contributed by atoms with Crippen LogP contribution in [0.2, 0.25) is 0 Å². The quantitative estimate of drug-likeness (QED) is 0.620. The lowest BCUT2D eigenvalue weighted by molar-refractivity contribution is -0.118. The highest BCUT2D eigenvalue weighted by Gasteiger charge is 2.22. The number of nitrogens with zero attached hydrogens (tertiary/aromatic N) is 1. The lowest BCUT2D eigenvalue weighted by Crippen LogP contribution is -2.43. The van der Waals surface area contributed by atoms with E-state index in [4.69, 9.17) is 0 Å². The van der Waals surface area contributed by atoms with Crippen LogP contribution in [0, 0.1) is 11.6 Å². The second-order valence-electron chi connectivity index (χ2n) is 6.04. The van der Waals surface area contributed by atoms with Crippen molar-refractivity contribution >= 4 is 28.8 Å². The first-order valence-corrected chi connectivity index (χ1v) is 8.49. The molecular weight excluding hydrogens is 354 g/mol. The van der Waals surface area contributed by atoms with Gasteiger partial charge in [0.1, 0.15) is 6.04 Å². The third-order valence-electron chi connectivity index (χ3n) is 4.01. The van der Waals surface area contributed by atoms with Gasteiger partial charge in [0.05, 0.1) is 11.0 Å². The molecule has 0 bridgehead atoms. The topological polar surface area (TPSA) is 86.9 Å². The summed E-state index contributed by atoms with van der Waals surface area (Å²) in [6.45, 7) is 1.87. The molecule has 27 heavy (non-hydrogen) atoms. The van der Waals surface area contributed by atoms with Gasteiger partial charge in [0.25, 0.3) is 5.91 Å². The standard InChI is InChI=1S/C19H18F2N4O2/c1-2-5-16(22-17(26)11-8-9-12(20)13(21)10-11)18(27)25-19-23-14-6-3-4-7-15(14)24-19/h3-4,6-10,16H,2,5H2,1H3,(H,22,26)(H2,23,24,25,27)/t16-/m1/s1. The molecule has 140 valence electrons. The van der Waals surface area contributed by atoms with Crippen molar-refractivity contribution in [1.82, 2.24) is 15.3 Å². The van der Waals surface area contributed by atoms with E-state index >= 15 is 0 Å². The Hall–Kier alpha value is -3.29. The molecule has 3 aromatic rings. The smallest absolute Gasteiger partial charge is 0.252 e. The van der Waals surface area contributed by atoms with Crippen LogP contribution in [0.1, 0.15) is 30.1 Å². The van der Waals surface area contributed by atoms with E-state index in [0.717, 1.165) is 23.7 Å². The van der Waals surface area contributed by atoms with Gasteiger partial charge < -0.3 is 10.3 Å². The molecule has 0 spiro atoms. The molecule has 1 atom stereocenters. The Morgan fingerprint density at radius 3 is 2.63 bits per heavy atom. The monoisotopic (exact) mass is 372 g/mol. The highest BCUT2D eigenvalue weighted by atomic mass is 19.2. The van der Waals surface area contributed by atoms with Crippen molar-refractivity contribution in [2.24, 2.45) is 0 Å². The van der Waals surface area contributed by atoms with Gasteiger partial charge in [-0.25, -0.2) is 13.8 Å². The maximum absolute atomic E-state index is 13.3. The Morgan fingerprint density at radius 2 is 1.93 bits per heavy atom. The first kappa shape index (κ1) is 18.5. The number of benzene rings is 2. The molecule has 0 aliphatic heterocycles. The second kappa shape index (κ2) is 7.94.